The predicted octanol–water partition coefficient (Wildman–Crippen LogP) is 5.28. The Labute approximate surface area is 159 Å². The third-order valence-corrected chi connectivity index (χ3v) is 3.96. The molecule has 3 aromatic rings. The molecule has 0 amide bonds. The van der Waals surface area contributed by atoms with E-state index >= 15 is 0 Å². The van der Waals surface area contributed by atoms with Gasteiger partial charge in [0.2, 0.25) is 0 Å². The highest BCUT2D eigenvalue weighted by Gasteiger charge is 2.08. The predicted molar refractivity (Wildman–Crippen MR) is 103 cm³/mol. The SMILES string of the molecule is Cc1nc(Nc2cccc(C(=O)O)c2)cc(Nc2ccc(Cl)cc2Cl)n1. The number of aromatic nitrogens is 2. The minimum atomic E-state index is -0.993. The number of halogens is 2. The second-order valence-corrected chi connectivity index (χ2v) is 6.29. The summed E-state index contributed by atoms with van der Waals surface area (Å²) in [5.74, 6) is 0.607. The maximum atomic E-state index is 11.1. The normalized spacial score (nSPS) is 10.4. The summed E-state index contributed by atoms with van der Waals surface area (Å²) in [6.45, 7) is 1.76. The number of nitrogens with zero attached hydrogens (tertiary/aromatic N) is 2. The van der Waals surface area contributed by atoms with Gasteiger partial charge < -0.3 is 15.7 Å². The molecule has 3 N–H and O–H groups in total. The lowest BCUT2D eigenvalue weighted by Crippen LogP contribution is -2.03. The smallest absolute Gasteiger partial charge is 0.335 e. The summed E-state index contributed by atoms with van der Waals surface area (Å²) in [4.78, 5) is 19.7. The Hall–Kier alpha value is -2.83. The lowest BCUT2D eigenvalue weighted by molar-refractivity contribution is 0.0697. The van der Waals surface area contributed by atoms with Crippen LogP contribution in [0.25, 0.3) is 0 Å². The highest BCUT2D eigenvalue weighted by molar-refractivity contribution is 6.36. The molecule has 0 saturated heterocycles. The molecule has 132 valence electrons. The highest BCUT2D eigenvalue weighted by atomic mass is 35.5. The number of hydrogen-bond donors (Lipinski definition) is 3. The fourth-order valence-corrected chi connectivity index (χ4v) is 2.76. The molecule has 0 unspecified atom stereocenters. The number of rotatable bonds is 5. The van der Waals surface area contributed by atoms with Crippen LogP contribution in [0.5, 0.6) is 0 Å². The van der Waals surface area contributed by atoms with E-state index in [0.717, 1.165) is 0 Å². The van der Waals surface area contributed by atoms with E-state index in [1.807, 2.05) is 0 Å². The first kappa shape index (κ1) is 18.0. The number of hydrogen-bond acceptors (Lipinski definition) is 5. The van der Waals surface area contributed by atoms with Gasteiger partial charge in [-0.25, -0.2) is 14.8 Å². The quantitative estimate of drug-likeness (QED) is 0.551. The van der Waals surface area contributed by atoms with Crippen molar-refractivity contribution in [3.63, 3.8) is 0 Å². The summed E-state index contributed by atoms with van der Waals surface area (Å²) >= 11 is 12.1. The van der Waals surface area contributed by atoms with Gasteiger partial charge in [-0.1, -0.05) is 29.3 Å². The Morgan fingerprint density at radius 2 is 1.73 bits per heavy atom. The van der Waals surface area contributed by atoms with Crippen LogP contribution in [0.4, 0.5) is 23.0 Å². The van der Waals surface area contributed by atoms with Crippen molar-refractivity contribution in [2.75, 3.05) is 10.6 Å². The van der Waals surface area contributed by atoms with E-state index in [0.29, 0.717) is 38.9 Å². The van der Waals surface area contributed by atoms with Crippen LogP contribution >= 0.6 is 23.2 Å². The van der Waals surface area contributed by atoms with E-state index in [9.17, 15) is 4.79 Å². The van der Waals surface area contributed by atoms with Gasteiger partial charge in [0, 0.05) is 16.8 Å². The van der Waals surface area contributed by atoms with Crippen LogP contribution in [0.2, 0.25) is 10.0 Å². The van der Waals surface area contributed by atoms with Crippen LogP contribution in [0.3, 0.4) is 0 Å². The van der Waals surface area contributed by atoms with Crippen LogP contribution in [-0.4, -0.2) is 21.0 Å². The van der Waals surface area contributed by atoms with Gasteiger partial charge in [0.25, 0.3) is 0 Å². The Morgan fingerprint density at radius 1 is 1.00 bits per heavy atom. The average Bonchev–Trinajstić information content (AvgIpc) is 2.57. The standard InChI is InChI=1S/C18H14Cl2N4O2/c1-10-21-16(23-13-4-2-3-11(7-13)18(25)26)9-17(22-10)24-15-6-5-12(19)8-14(15)20/h2-9H,1H3,(H,25,26)(H2,21,22,23,24). The zero-order valence-electron chi connectivity index (χ0n) is 13.6. The first-order valence-electron chi connectivity index (χ1n) is 7.59. The van der Waals surface area contributed by atoms with Crippen molar-refractivity contribution in [1.29, 1.82) is 0 Å². The van der Waals surface area contributed by atoms with Crippen LogP contribution in [-0.2, 0) is 0 Å². The van der Waals surface area contributed by atoms with Crippen molar-refractivity contribution < 1.29 is 9.90 Å². The number of carboxylic acid groups (broad SMARTS) is 1. The van der Waals surface area contributed by atoms with E-state index in [1.54, 1.807) is 43.3 Å². The van der Waals surface area contributed by atoms with Crippen LogP contribution in [0, 0.1) is 6.92 Å². The molecule has 1 heterocycles. The lowest BCUT2D eigenvalue weighted by atomic mass is 10.2. The molecule has 0 aliphatic rings. The van der Waals surface area contributed by atoms with E-state index in [4.69, 9.17) is 28.3 Å². The van der Waals surface area contributed by atoms with Crippen molar-refractivity contribution in [3.05, 3.63) is 70.0 Å². The van der Waals surface area contributed by atoms with E-state index in [-0.39, 0.29) is 5.56 Å². The average molecular weight is 389 g/mol. The third-order valence-electron chi connectivity index (χ3n) is 3.41. The number of carboxylic acids is 1. The summed E-state index contributed by atoms with van der Waals surface area (Å²) < 4.78 is 0. The molecule has 2 aromatic carbocycles. The number of nitrogens with one attached hydrogen (secondary N) is 2. The molecule has 8 heteroatoms. The Balaban J connectivity index is 1.85. The largest absolute Gasteiger partial charge is 0.478 e. The zero-order valence-corrected chi connectivity index (χ0v) is 15.1. The van der Waals surface area contributed by atoms with Crippen molar-refractivity contribution in [2.24, 2.45) is 0 Å². The van der Waals surface area contributed by atoms with E-state index in [1.165, 1.54) is 12.1 Å². The summed E-state index contributed by atoms with van der Waals surface area (Å²) in [5.41, 5.74) is 1.46. The molecule has 0 fully saturated rings. The highest BCUT2D eigenvalue weighted by Crippen LogP contribution is 2.28. The molecule has 6 nitrogen and oxygen atoms in total. The monoisotopic (exact) mass is 388 g/mol. The minimum Gasteiger partial charge on any atom is -0.478 e. The van der Waals surface area contributed by atoms with Gasteiger partial charge in [-0.15, -0.1) is 0 Å². The molecule has 1 aromatic heterocycles. The molecule has 0 atom stereocenters. The second-order valence-electron chi connectivity index (χ2n) is 5.45. The molecule has 0 aliphatic carbocycles. The minimum absolute atomic E-state index is 0.187. The number of aryl methyl sites for hydroxylation is 1. The van der Waals surface area contributed by atoms with Crippen LogP contribution in [0.1, 0.15) is 16.2 Å². The topological polar surface area (TPSA) is 87.1 Å². The molecule has 0 spiro atoms. The van der Waals surface area contributed by atoms with Gasteiger partial charge in [-0.05, 0) is 43.3 Å². The molecule has 3 rings (SSSR count). The fraction of sp³-hybridized carbons (Fsp3) is 0.0556. The zero-order chi connectivity index (χ0) is 18.7. The molecular formula is C18H14Cl2N4O2. The maximum absolute atomic E-state index is 11.1. The Morgan fingerprint density at radius 3 is 2.42 bits per heavy atom. The Bertz CT molecular complexity index is 979. The molecule has 26 heavy (non-hydrogen) atoms. The second kappa shape index (κ2) is 7.59. The van der Waals surface area contributed by atoms with Crippen molar-refractivity contribution in [1.82, 2.24) is 9.97 Å². The van der Waals surface area contributed by atoms with Gasteiger partial charge in [-0.3, -0.25) is 0 Å². The first-order valence-corrected chi connectivity index (χ1v) is 8.34. The maximum Gasteiger partial charge on any atom is 0.335 e. The van der Waals surface area contributed by atoms with Gasteiger partial charge >= 0.3 is 5.97 Å². The van der Waals surface area contributed by atoms with Gasteiger partial charge in [0.05, 0.1) is 16.3 Å². The van der Waals surface area contributed by atoms with Crippen LogP contribution in [0.15, 0.2) is 48.5 Å². The number of carbonyl (C=O) groups is 1. The first-order chi connectivity index (χ1) is 12.4. The van der Waals surface area contributed by atoms with Crippen molar-refractivity contribution in [3.8, 4) is 0 Å². The molecule has 0 bridgehead atoms. The van der Waals surface area contributed by atoms with Gasteiger partial charge in [-0.2, -0.15) is 0 Å². The number of aromatic carboxylic acids is 1. The summed E-state index contributed by atoms with van der Waals surface area (Å²) in [6, 6.07) is 13.3. The fourth-order valence-electron chi connectivity index (χ4n) is 2.30. The molecule has 0 aliphatic heterocycles. The summed E-state index contributed by atoms with van der Waals surface area (Å²) in [5, 5.41) is 16.3. The van der Waals surface area contributed by atoms with Gasteiger partial charge in [0.1, 0.15) is 17.5 Å². The van der Waals surface area contributed by atoms with Crippen molar-refractivity contribution in [2.45, 2.75) is 6.92 Å². The van der Waals surface area contributed by atoms with Gasteiger partial charge in [0.15, 0.2) is 0 Å². The lowest BCUT2D eigenvalue weighted by Gasteiger charge is -2.11. The van der Waals surface area contributed by atoms with Crippen molar-refractivity contribution >= 4 is 52.2 Å². The summed E-state index contributed by atoms with van der Waals surface area (Å²) in [6.07, 6.45) is 0. The van der Waals surface area contributed by atoms with E-state index < -0.39 is 5.97 Å². The third kappa shape index (κ3) is 4.41. The van der Waals surface area contributed by atoms with E-state index in [2.05, 4.69) is 20.6 Å². The number of anilines is 4. The molecular weight excluding hydrogens is 375 g/mol. The summed E-state index contributed by atoms with van der Waals surface area (Å²) in [7, 11) is 0. The van der Waals surface area contributed by atoms with Crippen LogP contribution < -0.4 is 10.6 Å². The Kier molecular flexibility index (Phi) is 5.25. The number of benzene rings is 2. The molecule has 0 saturated carbocycles. The molecule has 0 radical (unpaired) electrons.